The van der Waals surface area contributed by atoms with Gasteiger partial charge in [0.25, 0.3) is 10.2 Å². The summed E-state index contributed by atoms with van der Waals surface area (Å²) in [5.41, 5.74) is 2.20. The predicted molar refractivity (Wildman–Crippen MR) is 147 cm³/mol. The molecule has 0 spiro atoms. The van der Waals surface area contributed by atoms with E-state index < -0.39 is 34.5 Å². The van der Waals surface area contributed by atoms with Gasteiger partial charge in [-0.3, -0.25) is 0 Å². The molecule has 0 radical (unpaired) electrons. The van der Waals surface area contributed by atoms with Gasteiger partial charge in [-0.2, -0.15) is 17.9 Å². The molecular formula is C28H42N2O8S. The van der Waals surface area contributed by atoms with Crippen LogP contribution in [0.5, 0.6) is 0 Å². The van der Waals surface area contributed by atoms with Crippen molar-refractivity contribution in [3.05, 3.63) is 71.8 Å². The van der Waals surface area contributed by atoms with Gasteiger partial charge in [0.2, 0.25) is 0 Å². The van der Waals surface area contributed by atoms with E-state index in [1.54, 1.807) is 14.2 Å². The third kappa shape index (κ3) is 11.6. The van der Waals surface area contributed by atoms with Crippen molar-refractivity contribution in [1.29, 1.82) is 0 Å². The number of hydrogen-bond acceptors (Lipinski definition) is 8. The van der Waals surface area contributed by atoms with Gasteiger partial charge in [-0.15, -0.1) is 0 Å². The zero-order chi connectivity index (χ0) is 27.8. The van der Waals surface area contributed by atoms with Crippen LogP contribution in [0.4, 0.5) is 0 Å². The van der Waals surface area contributed by atoms with Gasteiger partial charge in [-0.25, -0.2) is 0 Å². The first-order valence-corrected chi connectivity index (χ1v) is 14.7. The molecule has 0 unspecified atom stereocenters. The molecule has 0 aromatic heterocycles. The highest BCUT2D eigenvalue weighted by atomic mass is 32.2. The van der Waals surface area contributed by atoms with Gasteiger partial charge in [-0.1, -0.05) is 60.7 Å². The lowest BCUT2D eigenvalue weighted by molar-refractivity contribution is -0.183. The van der Waals surface area contributed by atoms with Crippen LogP contribution in [0, 0.1) is 0 Å². The molecule has 1 aliphatic heterocycles. The van der Waals surface area contributed by atoms with Crippen molar-refractivity contribution < 1.29 is 36.8 Å². The van der Waals surface area contributed by atoms with Crippen LogP contribution in [0.15, 0.2) is 60.7 Å². The minimum Gasteiger partial charge on any atom is -0.382 e. The van der Waals surface area contributed by atoms with E-state index in [2.05, 4.69) is 9.44 Å². The maximum absolute atomic E-state index is 13.2. The van der Waals surface area contributed by atoms with Crippen LogP contribution in [0.1, 0.15) is 24.0 Å². The molecule has 10 nitrogen and oxygen atoms in total. The largest absolute Gasteiger partial charge is 0.382 e. The van der Waals surface area contributed by atoms with E-state index in [1.165, 1.54) is 0 Å². The summed E-state index contributed by atoms with van der Waals surface area (Å²) < 4.78 is 65.8. The first-order chi connectivity index (χ1) is 19.0. The Bertz CT molecular complexity index is 937. The summed E-state index contributed by atoms with van der Waals surface area (Å²) in [6.07, 6.45) is 1.03. The van der Waals surface area contributed by atoms with E-state index in [0.717, 1.165) is 11.1 Å². The highest BCUT2D eigenvalue weighted by Crippen LogP contribution is 2.24. The molecule has 2 aromatic carbocycles. The smallest absolute Gasteiger partial charge is 0.277 e. The van der Waals surface area contributed by atoms with E-state index in [0.29, 0.717) is 52.1 Å². The third-order valence-corrected chi connectivity index (χ3v) is 7.68. The SMILES string of the molecule is COCCOCO[C@@H]1[C@@H](OCOCCOC)[C@@H](CCc2ccccc2)NS(=O)(=O)N[C@@H]1CCc1ccccc1. The van der Waals surface area contributed by atoms with Crippen LogP contribution < -0.4 is 9.44 Å². The Morgan fingerprint density at radius 1 is 0.641 bits per heavy atom. The van der Waals surface area contributed by atoms with Crippen molar-refractivity contribution >= 4 is 10.2 Å². The first kappa shape index (κ1) is 31.6. The van der Waals surface area contributed by atoms with Gasteiger partial charge >= 0.3 is 0 Å². The second-order valence-electron chi connectivity index (χ2n) is 9.30. The summed E-state index contributed by atoms with van der Waals surface area (Å²) in [6.45, 7) is 1.48. The molecule has 1 saturated heterocycles. The van der Waals surface area contributed by atoms with Crippen LogP contribution >= 0.6 is 0 Å². The number of benzene rings is 2. The lowest BCUT2D eigenvalue weighted by Crippen LogP contribution is -2.51. The topological polar surface area (TPSA) is 114 Å². The van der Waals surface area contributed by atoms with Crippen molar-refractivity contribution in [2.24, 2.45) is 0 Å². The quantitative estimate of drug-likeness (QED) is 0.209. The van der Waals surface area contributed by atoms with Crippen LogP contribution in [-0.2, 0) is 51.5 Å². The van der Waals surface area contributed by atoms with Gasteiger partial charge in [0.1, 0.15) is 25.8 Å². The predicted octanol–water partition coefficient (Wildman–Crippen LogP) is 2.44. The molecule has 1 heterocycles. The van der Waals surface area contributed by atoms with Crippen LogP contribution in [0.2, 0.25) is 0 Å². The lowest BCUT2D eigenvalue weighted by Gasteiger charge is -2.34. The number of ether oxygens (including phenoxy) is 6. The molecule has 0 saturated carbocycles. The van der Waals surface area contributed by atoms with Crippen LogP contribution in [-0.4, -0.2) is 86.9 Å². The highest BCUT2D eigenvalue weighted by molar-refractivity contribution is 7.87. The van der Waals surface area contributed by atoms with Crippen molar-refractivity contribution in [2.45, 2.75) is 50.0 Å². The van der Waals surface area contributed by atoms with Crippen LogP contribution in [0.3, 0.4) is 0 Å². The van der Waals surface area contributed by atoms with E-state index in [-0.39, 0.29) is 13.6 Å². The Labute approximate surface area is 232 Å². The summed E-state index contributed by atoms with van der Waals surface area (Å²) in [7, 11) is -0.657. The standard InChI is InChI=1S/C28H42N2O8S/c1-33-17-19-35-21-37-27-25(15-13-23-9-5-3-6-10-23)29-39(31,32)30-26(16-14-24-11-7-4-8-12-24)28(27)38-22-36-20-18-34-2/h3-12,25-30H,13-22H2,1-2H3/t25-,26-,27+,28+/m1/s1. The summed E-state index contributed by atoms with van der Waals surface area (Å²) in [5, 5.41) is 0. The molecule has 39 heavy (non-hydrogen) atoms. The molecule has 0 aliphatic carbocycles. The number of nitrogens with one attached hydrogen (secondary N) is 2. The number of aryl methyl sites for hydroxylation is 2. The molecule has 4 atom stereocenters. The molecule has 2 N–H and O–H groups in total. The number of hydrogen-bond donors (Lipinski definition) is 2. The molecule has 0 amide bonds. The van der Waals surface area contributed by atoms with Crippen molar-refractivity contribution in [2.75, 3.05) is 54.2 Å². The van der Waals surface area contributed by atoms with E-state index in [1.807, 2.05) is 60.7 Å². The van der Waals surface area contributed by atoms with E-state index in [4.69, 9.17) is 28.4 Å². The molecule has 2 aromatic rings. The van der Waals surface area contributed by atoms with Crippen LogP contribution in [0.25, 0.3) is 0 Å². The van der Waals surface area contributed by atoms with Gasteiger partial charge in [0.05, 0.1) is 38.5 Å². The molecule has 3 rings (SSSR count). The summed E-state index contributed by atoms with van der Waals surface area (Å²) in [4.78, 5) is 0. The minimum atomic E-state index is -3.85. The summed E-state index contributed by atoms with van der Waals surface area (Å²) in [5.74, 6) is 0. The maximum atomic E-state index is 13.2. The third-order valence-electron chi connectivity index (χ3n) is 6.45. The van der Waals surface area contributed by atoms with Gasteiger partial charge in [0.15, 0.2) is 0 Å². The normalized spacial score (nSPS) is 22.9. The fraction of sp³-hybridized carbons (Fsp3) is 0.571. The molecular weight excluding hydrogens is 524 g/mol. The second-order valence-corrected chi connectivity index (χ2v) is 10.8. The first-order valence-electron chi connectivity index (χ1n) is 13.3. The molecule has 1 aliphatic rings. The molecule has 1 fully saturated rings. The molecule has 0 bridgehead atoms. The Hall–Kier alpha value is -1.93. The maximum Gasteiger partial charge on any atom is 0.277 e. The Kier molecular flexibility index (Phi) is 14.3. The van der Waals surface area contributed by atoms with Gasteiger partial charge < -0.3 is 28.4 Å². The Morgan fingerprint density at radius 2 is 1.05 bits per heavy atom. The summed E-state index contributed by atoms with van der Waals surface area (Å²) in [6, 6.07) is 18.7. The van der Waals surface area contributed by atoms with Crippen molar-refractivity contribution in [3.63, 3.8) is 0 Å². The Balaban J connectivity index is 1.83. The minimum absolute atomic E-state index is 0.0343. The van der Waals surface area contributed by atoms with Crippen molar-refractivity contribution in [1.82, 2.24) is 9.44 Å². The zero-order valence-electron chi connectivity index (χ0n) is 22.8. The second kappa shape index (κ2) is 17.7. The van der Waals surface area contributed by atoms with E-state index >= 15 is 0 Å². The number of methoxy groups -OCH3 is 2. The van der Waals surface area contributed by atoms with E-state index in [9.17, 15) is 8.42 Å². The highest BCUT2D eigenvalue weighted by Gasteiger charge is 2.43. The molecule has 218 valence electrons. The average molecular weight is 567 g/mol. The average Bonchev–Trinajstić information content (AvgIpc) is 3.04. The van der Waals surface area contributed by atoms with Gasteiger partial charge in [-0.05, 0) is 36.8 Å². The fourth-order valence-corrected chi connectivity index (χ4v) is 5.85. The number of rotatable bonds is 18. The fourth-order valence-electron chi connectivity index (χ4n) is 4.48. The van der Waals surface area contributed by atoms with Crippen molar-refractivity contribution in [3.8, 4) is 0 Å². The Morgan fingerprint density at radius 3 is 1.44 bits per heavy atom. The molecule has 11 heteroatoms. The lowest BCUT2D eigenvalue weighted by atomic mass is 9.92. The van der Waals surface area contributed by atoms with Gasteiger partial charge in [0, 0.05) is 14.2 Å². The summed E-state index contributed by atoms with van der Waals surface area (Å²) >= 11 is 0. The monoisotopic (exact) mass is 566 g/mol. The zero-order valence-corrected chi connectivity index (χ0v) is 23.6.